The first-order chi connectivity index (χ1) is 16.2. The number of aryl methyl sites for hydroxylation is 2. The van der Waals surface area contributed by atoms with E-state index in [1.54, 1.807) is 13.0 Å². The highest BCUT2D eigenvalue weighted by Crippen LogP contribution is 2.34. The molecule has 178 valence electrons. The van der Waals surface area contributed by atoms with Gasteiger partial charge < -0.3 is 10.1 Å². The number of carbonyl (C=O) groups is 1. The first-order valence-electron chi connectivity index (χ1n) is 10.6. The van der Waals surface area contributed by atoms with Gasteiger partial charge >= 0.3 is 0 Å². The summed E-state index contributed by atoms with van der Waals surface area (Å²) in [6.45, 7) is 0.640. The average Bonchev–Trinajstić information content (AvgIpc) is 2.80. The van der Waals surface area contributed by atoms with Crippen LogP contribution in [0.3, 0.4) is 0 Å². The van der Waals surface area contributed by atoms with Gasteiger partial charge in [-0.25, -0.2) is 4.39 Å². The van der Waals surface area contributed by atoms with Crippen molar-refractivity contribution in [3.8, 4) is 11.6 Å². The fraction of sp³-hybridized carbons (Fsp3) is 0.292. The van der Waals surface area contributed by atoms with E-state index in [-0.39, 0.29) is 27.8 Å². The number of hydrogen-bond donors (Lipinski definition) is 1. The summed E-state index contributed by atoms with van der Waals surface area (Å²) in [4.78, 5) is 13.2. The maximum absolute atomic E-state index is 15.0. The molecule has 4 rings (SSSR count). The number of carbonyl (C=O) groups excluding carboxylic acids is 1. The van der Waals surface area contributed by atoms with Crippen molar-refractivity contribution < 1.29 is 22.7 Å². The predicted octanol–water partition coefficient (Wildman–Crippen LogP) is 6.53. The molecule has 0 aliphatic heterocycles. The van der Waals surface area contributed by atoms with Crippen molar-refractivity contribution in [2.24, 2.45) is 0 Å². The van der Waals surface area contributed by atoms with Crippen LogP contribution in [0.25, 0.3) is 0 Å². The topological polar surface area (TPSA) is 64.1 Å². The number of fused-ring (bicyclic) bond motifs is 1. The van der Waals surface area contributed by atoms with Crippen LogP contribution in [0, 0.1) is 12.7 Å². The number of rotatable bonds is 6. The molecule has 3 aromatic rings. The van der Waals surface area contributed by atoms with E-state index in [2.05, 4.69) is 31.4 Å². The van der Waals surface area contributed by atoms with E-state index in [1.165, 1.54) is 30.3 Å². The Labute approximate surface area is 207 Å². The van der Waals surface area contributed by atoms with Crippen molar-refractivity contribution >= 4 is 33.4 Å². The van der Waals surface area contributed by atoms with Gasteiger partial charge in [-0.05, 0) is 68.0 Å². The van der Waals surface area contributed by atoms with Crippen LogP contribution in [0.15, 0.2) is 40.9 Å². The molecule has 0 spiro atoms. The number of amides is 1. The second-order valence-electron chi connectivity index (χ2n) is 8.01. The minimum absolute atomic E-state index is 0.0209. The van der Waals surface area contributed by atoms with E-state index in [0.717, 1.165) is 12.8 Å². The molecule has 1 amide bonds. The summed E-state index contributed by atoms with van der Waals surface area (Å²) in [6, 6.07) is 8.58. The predicted molar refractivity (Wildman–Crippen MR) is 125 cm³/mol. The third-order valence-electron chi connectivity index (χ3n) is 5.62. The smallest absolute Gasteiger partial charge is 0.290 e. The van der Waals surface area contributed by atoms with Crippen LogP contribution in [0.2, 0.25) is 5.02 Å². The summed E-state index contributed by atoms with van der Waals surface area (Å²) in [5.41, 5.74) is 1.35. The van der Waals surface area contributed by atoms with E-state index in [4.69, 9.17) is 16.3 Å². The monoisotopic (exact) mass is 553 g/mol. The molecular weight excluding hydrogens is 535 g/mol. The molecule has 1 aliphatic carbocycles. The molecule has 2 aromatic carbocycles. The second kappa shape index (κ2) is 9.92. The van der Waals surface area contributed by atoms with Crippen molar-refractivity contribution in [2.75, 3.05) is 6.54 Å². The van der Waals surface area contributed by atoms with Gasteiger partial charge in [-0.2, -0.15) is 13.9 Å². The molecule has 10 heteroatoms. The Morgan fingerprint density at radius 2 is 1.97 bits per heavy atom. The number of alkyl halides is 2. The molecule has 1 aromatic heterocycles. The summed E-state index contributed by atoms with van der Waals surface area (Å²) in [5.74, 6) is -5.45. The normalized spacial score (nSPS) is 13.4. The van der Waals surface area contributed by atoms with E-state index in [9.17, 15) is 18.0 Å². The lowest BCUT2D eigenvalue weighted by Gasteiger charge is -2.22. The lowest BCUT2D eigenvalue weighted by molar-refractivity contribution is -0.00312. The number of ether oxygens (including phenoxy) is 1. The van der Waals surface area contributed by atoms with Gasteiger partial charge in [0.15, 0.2) is 11.6 Å². The van der Waals surface area contributed by atoms with Crippen LogP contribution in [0.4, 0.5) is 13.2 Å². The molecule has 1 heterocycles. The fourth-order valence-corrected chi connectivity index (χ4v) is 4.58. The molecule has 0 saturated carbocycles. The third kappa shape index (κ3) is 5.05. The number of aromatic nitrogens is 2. The molecule has 0 bridgehead atoms. The SMILES string of the molecule is Cc1cc(Br)ccc1C(F)(F)CNC(=O)c1c(Oc2cccc(Cl)c2F)nnc2c1CCCC2. The van der Waals surface area contributed by atoms with Crippen LogP contribution < -0.4 is 10.1 Å². The Kier molecular flexibility index (Phi) is 7.14. The van der Waals surface area contributed by atoms with Gasteiger partial charge in [0, 0.05) is 10.0 Å². The molecule has 34 heavy (non-hydrogen) atoms. The minimum Gasteiger partial charge on any atom is -0.434 e. The van der Waals surface area contributed by atoms with Crippen molar-refractivity contribution in [1.82, 2.24) is 15.5 Å². The number of nitrogens with one attached hydrogen (secondary N) is 1. The molecule has 5 nitrogen and oxygen atoms in total. The Morgan fingerprint density at radius 3 is 2.74 bits per heavy atom. The van der Waals surface area contributed by atoms with Gasteiger partial charge in [-0.1, -0.05) is 39.7 Å². The minimum atomic E-state index is -3.32. The van der Waals surface area contributed by atoms with Gasteiger partial charge in [0.1, 0.15) is 5.56 Å². The number of hydrogen-bond acceptors (Lipinski definition) is 4. The lowest BCUT2D eigenvalue weighted by Crippen LogP contribution is -2.36. The van der Waals surface area contributed by atoms with Crippen molar-refractivity contribution in [3.63, 3.8) is 0 Å². The zero-order valence-corrected chi connectivity index (χ0v) is 20.4. The first kappa shape index (κ1) is 24.5. The Hall–Kier alpha value is -2.65. The maximum Gasteiger partial charge on any atom is 0.290 e. The summed E-state index contributed by atoms with van der Waals surface area (Å²) in [5, 5.41) is 10.2. The molecule has 0 fully saturated rings. The number of nitrogens with zero attached hydrogens (tertiary/aromatic N) is 2. The lowest BCUT2D eigenvalue weighted by atomic mass is 9.92. The summed E-state index contributed by atoms with van der Waals surface area (Å²) >= 11 is 9.08. The third-order valence-corrected chi connectivity index (χ3v) is 6.40. The standard InChI is InChI=1S/C24H20BrClF3N3O2/c1-13-11-14(25)9-10-16(13)24(28,29)12-30-22(33)20-15-5-2-3-7-18(15)31-32-23(20)34-19-8-4-6-17(26)21(19)27/h4,6,8-11H,2-3,5,7,12H2,1H3,(H,30,33). The molecule has 0 atom stereocenters. The van der Waals surface area contributed by atoms with Gasteiger partial charge in [-0.15, -0.1) is 5.10 Å². The van der Waals surface area contributed by atoms with Gasteiger partial charge in [0.05, 0.1) is 17.3 Å². The highest BCUT2D eigenvalue weighted by molar-refractivity contribution is 9.10. The molecular formula is C24H20BrClF3N3O2. The molecule has 0 unspecified atom stereocenters. The molecule has 1 N–H and O–H groups in total. The van der Waals surface area contributed by atoms with Crippen LogP contribution in [0.1, 0.15) is 45.6 Å². The van der Waals surface area contributed by atoms with Gasteiger partial charge in [0.2, 0.25) is 0 Å². The fourth-order valence-electron chi connectivity index (χ4n) is 3.94. The van der Waals surface area contributed by atoms with E-state index >= 15 is 0 Å². The van der Waals surface area contributed by atoms with Crippen LogP contribution in [-0.4, -0.2) is 22.6 Å². The quantitative estimate of drug-likeness (QED) is 0.376. The highest BCUT2D eigenvalue weighted by Gasteiger charge is 2.35. The van der Waals surface area contributed by atoms with E-state index < -0.39 is 24.2 Å². The van der Waals surface area contributed by atoms with Crippen molar-refractivity contribution in [1.29, 1.82) is 0 Å². The van der Waals surface area contributed by atoms with Gasteiger partial charge in [0.25, 0.3) is 17.7 Å². The second-order valence-corrected chi connectivity index (χ2v) is 9.34. The van der Waals surface area contributed by atoms with Crippen molar-refractivity contribution in [3.05, 3.63) is 79.7 Å². The average molecular weight is 555 g/mol. The largest absolute Gasteiger partial charge is 0.434 e. The number of halogens is 5. The first-order valence-corrected chi connectivity index (χ1v) is 11.8. The highest BCUT2D eigenvalue weighted by atomic mass is 79.9. The summed E-state index contributed by atoms with van der Waals surface area (Å²) < 4.78 is 50.6. The number of benzene rings is 2. The summed E-state index contributed by atoms with van der Waals surface area (Å²) in [7, 11) is 0. The molecule has 0 radical (unpaired) electrons. The van der Waals surface area contributed by atoms with E-state index in [0.29, 0.717) is 34.1 Å². The maximum atomic E-state index is 15.0. The van der Waals surface area contributed by atoms with E-state index in [1.807, 2.05) is 0 Å². The Morgan fingerprint density at radius 1 is 1.21 bits per heavy atom. The molecule has 1 aliphatic rings. The van der Waals surface area contributed by atoms with Gasteiger partial charge in [-0.3, -0.25) is 4.79 Å². The Bertz CT molecular complexity index is 1260. The summed E-state index contributed by atoms with van der Waals surface area (Å²) in [6.07, 6.45) is 2.76. The zero-order chi connectivity index (χ0) is 24.5. The zero-order valence-electron chi connectivity index (χ0n) is 18.1. The van der Waals surface area contributed by atoms with Crippen LogP contribution >= 0.6 is 27.5 Å². The molecule has 0 saturated heterocycles. The van der Waals surface area contributed by atoms with Crippen LogP contribution in [0.5, 0.6) is 11.6 Å². The van der Waals surface area contributed by atoms with Crippen molar-refractivity contribution in [2.45, 2.75) is 38.5 Å². The van der Waals surface area contributed by atoms with Crippen LogP contribution in [-0.2, 0) is 18.8 Å². The Balaban J connectivity index is 1.65.